The van der Waals surface area contributed by atoms with E-state index in [2.05, 4.69) is 44.0 Å². The topological polar surface area (TPSA) is 59.4 Å². The highest BCUT2D eigenvalue weighted by atomic mass is 16.6. The first-order valence-electron chi connectivity index (χ1n) is 8.67. The monoisotopic (exact) mass is 342 g/mol. The van der Waals surface area contributed by atoms with Gasteiger partial charge in [-0.3, -0.25) is 4.90 Å². The lowest BCUT2D eigenvalue weighted by molar-refractivity contribution is 0.0521. The van der Waals surface area contributed by atoms with Crippen LogP contribution in [0.25, 0.3) is 0 Å². The third-order valence-corrected chi connectivity index (χ3v) is 4.09. The fourth-order valence-electron chi connectivity index (χ4n) is 2.99. The van der Waals surface area contributed by atoms with Crippen LogP contribution in [0.3, 0.4) is 0 Å². The van der Waals surface area contributed by atoms with Gasteiger partial charge in [0.2, 0.25) is 0 Å². The zero-order chi connectivity index (χ0) is 17.9. The molecule has 0 spiro atoms. The Labute approximate surface area is 148 Å². The molecule has 3 rings (SSSR count). The number of imidazole rings is 1. The second-order valence-electron chi connectivity index (χ2n) is 7.37. The molecule has 0 fully saturated rings. The number of ether oxygens (including phenoxy) is 1. The van der Waals surface area contributed by atoms with E-state index in [4.69, 9.17) is 4.74 Å². The van der Waals surface area contributed by atoms with Crippen molar-refractivity contribution >= 4 is 6.09 Å². The van der Waals surface area contributed by atoms with Gasteiger partial charge in [0.05, 0.1) is 12.2 Å². The number of benzene rings is 1. The first-order chi connectivity index (χ1) is 11.9. The molecule has 2 aromatic rings. The van der Waals surface area contributed by atoms with Crippen molar-refractivity contribution in [1.82, 2.24) is 19.8 Å². The summed E-state index contributed by atoms with van der Waals surface area (Å²) >= 11 is 0. The SMILES string of the molecule is CC(C)(C)OC(=O)NCc1ncc2n1CCN(Cc1ccccc1)C2. The van der Waals surface area contributed by atoms with Crippen LogP contribution in [0.15, 0.2) is 36.5 Å². The average Bonchev–Trinajstić information content (AvgIpc) is 2.95. The number of carbonyl (C=O) groups is 1. The molecule has 0 saturated heterocycles. The molecular weight excluding hydrogens is 316 g/mol. The van der Waals surface area contributed by atoms with Crippen molar-refractivity contribution in [3.05, 3.63) is 53.6 Å². The molecule has 1 aliphatic heterocycles. The quantitative estimate of drug-likeness (QED) is 0.928. The summed E-state index contributed by atoms with van der Waals surface area (Å²) in [5, 5.41) is 2.78. The molecule has 0 atom stereocenters. The highest BCUT2D eigenvalue weighted by Crippen LogP contribution is 2.17. The minimum Gasteiger partial charge on any atom is -0.444 e. The predicted molar refractivity (Wildman–Crippen MR) is 95.9 cm³/mol. The maximum absolute atomic E-state index is 11.8. The van der Waals surface area contributed by atoms with Gasteiger partial charge in [0.1, 0.15) is 11.4 Å². The number of hydrogen-bond donors (Lipinski definition) is 1. The van der Waals surface area contributed by atoms with E-state index >= 15 is 0 Å². The van der Waals surface area contributed by atoms with Gasteiger partial charge < -0.3 is 14.6 Å². The first kappa shape index (κ1) is 17.5. The fourth-order valence-corrected chi connectivity index (χ4v) is 2.99. The van der Waals surface area contributed by atoms with Crippen LogP contribution >= 0.6 is 0 Å². The number of rotatable bonds is 4. The molecular formula is C19H26N4O2. The minimum absolute atomic E-state index is 0.383. The van der Waals surface area contributed by atoms with Crippen molar-refractivity contribution in [2.24, 2.45) is 0 Å². The van der Waals surface area contributed by atoms with Crippen LogP contribution in [-0.4, -0.2) is 32.7 Å². The van der Waals surface area contributed by atoms with Crippen molar-refractivity contribution in [3.63, 3.8) is 0 Å². The Morgan fingerprint density at radius 3 is 2.72 bits per heavy atom. The normalized spacial score (nSPS) is 14.8. The molecule has 0 saturated carbocycles. The summed E-state index contributed by atoms with van der Waals surface area (Å²) < 4.78 is 7.46. The standard InChI is InChI=1S/C19H26N4O2/c1-19(2,3)25-18(24)21-12-17-20-11-16-14-22(9-10-23(16)17)13-15-7-5-4-6-8-15/h4-8,11H,9-10,12-14H2,1-3H3,(H,21,24). The molecule has 0 bridgehead atoms. The smallest absolute Gasteiger partial charge is 0.408 e. The van der Waals surface area contributed by atoms with Crippen molar-refractivity contribution in [2.75, 3.05) is 6.54 Å². The highest BCUT2D eigenvalue weighted by molar-refractivity contribution is 5.67. The van der Waals surface area contributed by atoms with E-state index in [9.17, 15) is 4.79 Å². The van der Waals surface area contributed by atoms with Gasteiger partial charge in [-0.2, -0.15) is 0 Å². The maximum Gasteiger partial charge on any atom is 0.408 e. The third kappa shape index (κ3) is 4.82. The minimum atomic E-state index is -0.492. The Bertz CT molecular complexity index is 719. The molecule has 0 aliphatic carbocycles. The van der Waals surface area contributed by atoms with Crippen LogP contribution in [0.5, 0.6) is 0 Å². The van der Waals surface area contributed by atoms with E-state index in [0.717, 1.165) is 32.0 Å². The molecule has 6 heteroatoms. The number of nitrogens with one attached hydrogen (secondary N) is 1. The number of aromatic nitrogens is 2. The third-order valence-electron chi connectivity index (χ3n) is 4.09. The zero-order valence-electron chi connectivity index (χ0n) is 15.2. The molecule has 1 aromatic heterocycles. The van der Waals surface area contributed by atoms with E-state index in [1.807, 2.05) is 33.0 Å². The van der Waals surface area contributed by atoms with Gasteiger partial charge in [-0.15, -0.1) is 0 Å². The Hall–Kier alpha value is -2.34. The van der Waals surface area contributed by atoms with Crippen molar-refractivity contribution in [2.45, 2.75) is 52.6 Å². The summed E-state index contributed by atoms with van der Waals surface area (Å²) in [7, 11) is 0. The lowest BCUT2D eigenvalue weighted by Crippen LogP contribution is -2.35. The number of carbonyl (C=O) groups excluding carboxylic acids is 1. The summed E-state index contributed by atoms with van der Waals surface area (Å²) in [4.78, 5) is 18.7. The fraction of sp³-hybridized carbons (Fsp3) is 0.474. The lowest BCUT2D eigenvalue weighted by Gasteiger charge is -2.29. The number of fused-ring (bicyclic) bond motifs is 1. The highest BCUT2D eigenvalue weighted by Gasteiger charge is 2.21. The van der Waals surface area contributed by atoms with E-state index in [1.54, 1.807) is 0 Å². The summed E-state index contributed by atoms with van der Waals surface area (Å²) in [6.07, 6.45) is 1.50. The molecule has 2 heterocycles. The van der Waals surface area contributed by atoms with Crippen molar-refractivity contribution in [3.8, 4) is 0 Å². The van der Waals surface area contributed by atoms with Crippen LogP contribution < -0.4 is 5.32 Å². The summed E-state index contributed by atoms with van der Waals surface area (Å²) in [6, 6.07) is 10.5. The van der Waals surface area contributed by atoms with Gasteiger partial charge in [0.25, 0.3) is 0 Å². The van der Waals surface area contributed by atoms with Crippen molar-refractivity contribution in [1.29, 1.82) is 0 Å². The largest absolute Gasteiger partial charge is 0.444 e. The number of amides is 1. The lowest BCUT2D eigenvalue weighted by atomic mass is 10.2. The Balaban J connectivity index is 1.56. The van der Waals surface area contributed by atoms with Gasteiger partial charge in [-0.25, -0.2) is 9.78 Å². The first-order valence-corrected chi connectivity index (χ1v) is 8.67. The average molecular weight is 342 g/mol. The number of alkyl carbamates (subject to hydrolysis) is 1. The second-order valence-corrected chi connectivity index (χ2v) is 7.37. The molecule has 6 nitrogen and oxygen atoms in total. The van der Waals surface area contributed by atoms with E-state index in [1.165, 1.54) is 11.3 Å². The van der Waals surface area contributed by atoms with Crippen LogP contribution in [0.1, 0.15) is 37.9 Å². The number of hydrogen-bond acceptors (Lipinski definition) is 4. The molecule has 25 heavy (non-hydrogen) atoms. The molecule has 1 N–H and O–H groups in total. The summed E-state index contributed by atoms with van der Waals surface area (Å²) in [5.74, 6) is 0.875. The van der Waals surface area contributed by atoms with Crippen molar-refractivity contribution < 1.29 is 9.53 Å². The molecule has 1 aliphatic rings. The molecule has 134 valence electrons. The van der Waals surface area contributed by atoms with Crippen LogP contribution in [0.2, 0.25) is 0 Å². The summed E-state index contributed by atoms with van der Waals surface area (Å²) in [6.45, 7) is 9.60. The van der Waals surface area contributed by atoms with Crippen LogP contribution in [0.4, 0.5) is 4.79 Å². The number of nitrogens with zero attached hydrogens (tertiary/aromatic N) is 3. The van der Waals surface area contributed by atoms with Gasteiger partial charge in [0.15, 0.2) is 0 Å². The Kier molecular flexibility index (Phi) is 5.08. The van der Waals surface area contributed by atoms with Crippen LogP contribution in [0, 0.1) is 0 Å². The van der Waals surface area contributed by atoms with E-state index < -0.39 is 11.7 Å². The molecule has 1 amide bonds. The van der Waals surface area contributed by atoms with Gasteiger partial charge in [-0.05, 0) is 26.3 Å². The van der Waals surface area contributed by atoms with Crippen LogP contribution in [-0.2, 0) is 30.9 Å². The molecule has 0 unspecified atom stereocenters. The van der Waals surface area contributed by atoms with Gasteiger partial charge >= 0.3 is 6.09 Å². The molecule has 1 aromatic carbocycles. The van der Waals surface area contributed by atoms with E-state index in [-0.39, 0.29) is 0 Å². The predicted octanol–water partition coefficient (Wildman–Crippen LogP) is 2.92. The van der Waals surface area contributed by atoms with E-state index in [0.29, 0.717) is 6.54 Å². The Morgan fingerprint density at radius 1 is 1.24 bits per heavy atom. The van der Waals surface area contributed by atoms with Gasteiger partial charge in [0, 0.05) is 32.4 Å². The Morgan fingerprint density at radius 2 is 2.00 bits per heavy atom. The maximum atomic E-state index is 11.8. The summed E-state index contributed by atoms with van der Waals surface area (Å²) in [5.41, 5.74) is 2.01. The zero-order valence-corrected chi connectivity index (χ0v) is 15.2. The van der Waals surface area contributed by atoms with Gasteiger partial charge in [-0.1, -0.05) is 30.3 Å². The second kappa shape index (κ2) is 7.27. The molecule has 0 radical (unpaired) electrons.